The summed E-state index contributed by atoms with van der Waals surface area (Å²) in [6.45, 7) is 6.28. The molecule has 0 aromatic heterocycles. The summed E-state index contributed by atoms with van der Waals surface area (Å²) >= 11 is 6.18. The lowest BCUT2D eigenvalue weighted by Gasteiger charge is -2.32. The van der Waals surface area contributed by atoms with Crippen LogP contribution in [-0.2, 0) is 9.59 Å². The quantitative estimate of drug-likeness (QED) is 0.920. The van der Waals surface area contributed by atoms with Crippen LogP contribution in [0.2, 0.25) is 5.02 Å². The molecule has 2 amide bonds. The minimum absolute atomic E-state index is 0.116. The first kappa shape index (κ1) is 17.8. The van der Waals surface area contributed by atoms with E-state index in [1.54, 1.807) is 18.0 Å². The molecule has 5 nitrogen and oxygen atoms in total. The molecule has 0 saturated carbocycles. The molecule has 0 spiro atoms. The van der Waals surface area contributed by atoms with Crippen LogP contribution >= 0.6 is 11.6 Å². The minimum atomic E-state index is -0.644. The Morgan fingerprint density at radius 3 is 2.57 bits per heavy atom. The molecular weight excluding hydrogens is 314 g/mol. The number of carbonyl (C=O) groups is 2. The Kier molecular flexibility index (Phi) is 5.01. The van der Waals surface area contributed by atoms with Crippen LogP contribution in [-0.4, -0.2) is 42.4 Å². The van der Waals surface area contributed by atoms with E-state index >= 15 is 0 Å². The third-order valence-corrected chi connectivity index (χ3v) is 4.65. The molecule has 23 heavy (non-hydrogen) atoms. The number of carbonyl (C=O) groups excluding carboxylic acids is 2. The molecule has 1 aliphatic heterocycles. The second-order valence-corrected chi connectivity index (χ2v) is 7.45. The van der Waals surface area contributed by atoms with Gasteiger partial charge in [0.25, 0.3) is 0 Å². The molecule has 1 aromatic rings. The number of amides is 2. The van der Waals surface area contributed by atoms with E-state index in [0.29, 0.717) is 23.7 Å². The first-order valence-electron chi connectivity index (χ1n) is 7.72. The summed E-state index contributed by atoms with van der Waals surface area (Å²) in [4.78, 5) is 28.4. The van der Waals surface area contributed by atoms with Crippen LogP contribution in [0.3, 0.4) is 0 Å². The van der Waals surface area contributed by atoms with Crippen molar-refractivity contribution in [2.45, 2.75) is 39.3 Å². The number of likely N-dealkylation sites (N-methyl/N-ethyl adjacent to an activating group) is 1. The lowest BCUT2D eigenvalue weighted by atomic mass is 9.86. The Hall–Kier alpha value is -1.59. The van der Waals surface area contributed by atoms with Crippen molar-refractivity contribution >= 4 is 29.1 Å². The molecule has 2 N–H and O–H groups in total. The van der Waals surface area contributed by atoms with Crippen molar-refractivity contribution in [3.8, 4) is 0 Å². The highest BCUT2D eigenvalue weighted by Gasteiger charge is 2.40. The van der Waals surface area contributed by atoms with Crippen molar-refractivity contribution in [2.24, 2.45) is 11.1 Å². The maximum absolute atomic E-state index is 12.7. The van der Waals surface area contributed by atoms with Crippen LogP contribution in [0, 0.1) is 5.41 Å². The SMILES string of the molecule is CN(C(=O)[C@@H](N)C(C)(C)C)C1CCN(c2ccccc2Cl)C1=O. The highest BCUT2D eigenvalue weighted by atomic mass is 35.5. The number of rotatable bonds is 3. The summed E-state index contributed by atoms with van der Waals surface area (Å²) in [5.41, 5.74) is 6.37. The highest BCUT2D eigenvalue weighted by Crippen LogP contribution is 2.30. The van der Waals surface area contributed by atoms with E-state index in [-0.39, 0.29) is 17.2 Å². The van der Waals surface area contributed by atoms with Crippen molar-refractivity contribution in [1.29, 1.82) is 0 Å². The molecule has 1 aliphatic rings. The van der Waals surface area contributed by atoms with Crippen LogP contribution in [0.5, 0.6) is 0 Å². The standard InChI is InChI=1S/C17H24ClN3O2/c1-17(2,3)14(19)16(23)20(4)13-9-10-21(15(13)22)12-8-6-5-7-11(12)18/h5-8,13-14H,9-10,19H2,1-4H3/t13?,14-/m1/s1. The molecule has 0 radical (unpaired) electrons. The average molecular weight is 338 g/mol. The zero-order valence-electron chi connectivity index (χ0n) is 14.0. The highest BCUT2D eigenvalue weighted by molar-refractivity contribution is 6.34. The molecule has 1 aromatic carbocycles. The largest absolute Gasteiger partial charge is 0.332 e. The topological polar surface area (TPSA) is 66.6 Å². The Bertz CT molecular complexity index is 612. The molecule has 2 rings (SSSR count). The maximum atomic E-state index is 12.7. The molecule has 1 fully saturated rings. The van der Waals surface area contributed by atoms with Gasteiger partial charge < -0.3 is 15.5 Å². The zero-order valence-corrected chi connectivity index (χ0v) is 14.8. The van der Waals surface area contributed by atoms with Crippen molar-refractivity contribution in [2.75, 3.05) is 18.5 Å². The second-order valence-electron chi connectivity index (χ2n) is 7.04. The molecule has 126 valence electrons. The fourth-order valence-electron chi connectivity index (χ4n) is 2.68. The van der Waals surface area contributed by atoms with E-state index in [0.717, 1.165) is 0 Å². The fraction of sp³-hybridized carbons (Fsp3) is 0.529. The van der Waals surface area contributed by atoms with E-state index < -0.39 is 12.1 Å². The van der Waals surface area contributed by atoms with Crippen LogP contribution < -0.4 is 10.6 Å². The number of para-hydroxylation sites is 1. The Balaban J connectivity index is 2.16. The Labute approximate surface area is 142 Å². The van der Waals surface area contributed by atoms with E-state index in [4.69, 9.17) is 17.3 Å². The summed E-state index contributed by atoms with van der Waals surface area (Å²) in [5, 5.41) is 0.530. The van der Waals surface area contributed by atoms with Gasteiger partial charge in [0.05, 0.1) is 16.8 Å². The van der Waals surface area contributed by atoms with Gasteiger partial charge in [0.2, 0.25) is 11.8 Å². The van der Waals surface area contributed by atoms with Gasteiger partial charge in [-0.3, -0.25) is 9.59 Å². The maximum Gasteiger partial charge on any atom is 0.249 e. The number of benzene rings is 1. The molecule has 1 saturated heterocycles. The predicted molar refractivity (Wildman–Crippen MR) is 92.4 cm³/mol. The van der Waals surface area contributed by atoms with Gasteiger partial charge in [-0.25, -0.2) is 0 Å². The monoisotopic (exact) mass is 337 g/mol. The van der Waals surface area contributed by atoms with E-state index in [9.17, 15) is 9.59 Å². The molecule has 2 atom stereocenters. The van der Waals surface area contributed by atoms with Gasteiger partial charge in [-0.2, -0.15) is 0 Å². The molecule has 1 unspecified atom stereocenters. The zero-order chi connectivity index (χ0) is 17.4. The summed E-state index contributed by atoms with van der Waals surface area (Å²) in [6, 6.07) is 6.09. The van der Waals surface area contributed by atoms with Crippen LogP contribution in [0.4, 0.5) is 5.69 Å². The van der Waals surface area contributed by atoms with Crippen molar-refractivity contribution in [3.05, 3.63) is 29.3 Å². The number of hydrogen-bond acceptors (Lipinski definition) is 3. The molecular formula is C17H24ClN3O2. The third-order valence-electron chi connectivity index (χ3n) is 4.33. The van der Waals surface area contributed by atoms with E-state index in [1.165, 1.54) is 4.90 Å². The Morgan fingerprint density at radius 2 is 2.00 bits per heavy atom. The summed E-state index contributed by atoms with van der Waals surface area (Å²) in [6.07, 6.45) is 0.573. The summed E-state index contributed by atoms with van der Waals surface area (Å²) in [7, 11) is 1.65. The number of anilines is 1. The summed E-state index contributed by atoms with van der Waals surface area (Å²) in [5.74, 6) is -0.327. The van der Waals surface area contributed by atoms with Crippen molar-refractivity contribution in [3.63, 3.8) is 0 Å². The molecule has 6 heteroatoms. The van der Waals surface area contributed by atoms with Gasteiger partial charge in [0.15, 0.2) is 0 Å². The Morgan fingerprint density at radius 1 is 1.39 bits per heavy atom. The van der Waals surface area contributed by atoms with Gasteiger partial charge in [-0.05, 0) is 24.0 Å². The molecule has 0 bridgehead atoms. The van der Waals surface area contributed by atoms with E-state index in [1.807, 2.05) is 39.0 Å². The second kappa shape index (κ2) is 6.49. The lowest BCUT2D eigenvalue weighted by Crippen LogP contribution is -2.53. The van der Waals surface area contributed by atoms with Crippen LogP contribution in [0.1, 0.15) is 27.2 Å². The first-order valence-corrected chi connectivity index (χ1v) is 8.10. The fourth-order valence-corrected chi connectivity index (χ4v) is 2.92. The third kappa shape index (κ3) is 3.51. The number of hydrogen-bond donors (Lipinski definition) is 1. The number of nitrogens with zero attached hydrogens (tertiary/aromatic N) is 2. The van der Waals surface area contributed by atoms with Gasteiger partial charge in [-0.15, -0.1) is 0 Å². The smallest absolute Gasteiger partial charge is 0.249 e. The van der Waals surface area contributed by atoms with E-state index in [2.05, 4.69) is 0 Å². The van der Waals surface area contributed by atoms with Crippen molar-refractivity contribution in [1.82, 2.24) is 4.90 Å². The number of nitrogens with two attached hydrogens (primary N) is 1. The molecule has 0 aliphatic carbocycles. The lowest BCUT2D eigenvalue weighted by molar-refractivity contribution is -0.139. The van der Waals surface area contributed by atoms with Crippen LogP contribution in [0.15, 0.2) is 24.3 Å². The number of halogens is 1. The van der Waals surface area contributed by atoms with Gasteiger partial charge in [0, 0.05) is 13.6 Å². The summed E-state index contributed by atoms with van der Waals surface area (Å²) < 4.78 is 0. The minimum Gasteiger partial charge on any atom is -0.332 e. The van der Waals surface area contributed by atoms with Gasteiger partial charge in [0.1, 0.15) is 6.04 Å². The molecule has 1 heterocycles. The normalized spacial score (nSPS) is 19.8. The predicted octanol–water partition coefficient (Wildman–Crippen LogP) is 2.28. The van der Waals surface area contributed by atoms with Crippen LogP contribution in [0.25, 0.3) is 0 Å². The van der Waals surface area contributed by atoms with Crippen molar-refractivity contribution < 1.29 is 9.59 Å². The first-order chi connectivity index (χ1) is 10.6. The van der Waals surface area contributed by atoms with Gasteiger partial charge >= 0.3 is 0 Å². The average Bonchev–Trinajstić information content (AvgIpc) is 2.86. The van der Waals surface area contributed by atoms with Gasteiger partial charge in [-0.1, -0.05) is 44.5 Å².